The van der Waals surface area contributed by atoms with E-state index in [0.717, 1.165) is 35.1 Å². The topological polar surface area (TPSA) is 69.3 Å². The normalized spacial score (nSPS) is 15.2. The zero-order chi connectivity index (χ0) is 18.8. The predicted octanol–water partition coefficient (Wildman–Crippen LogP) is 2.19. The van der Waals surface area contributed by atoms with E-state index in [1.807, 2.05) is 36.1 Å². The first-order chi connectivity index (χ1) is 13.1. The number of aromatic amines is 1. The van der Waals surface area contributed by atoms with Crippen LogP contribution in [-0.4, -0.2) is 51.9 Å². The molecule has 1 aliphatic rings. The quantitative estimate of drug-likeness (QED) is 0.775. The minimum atomic E-state index is -0.0398. The van der Waals surface area contributed by atoms with Crippen molar-refractivity contribution in [3.63, 3.8) is 0 Å². The number of aryl methyl sites for hydroxylation is 1. The molecule has 1 amide bonds. The highest BCUT2D eigenvalue weighted by molar-refractivity contribution is 5.93. The first kappa shape index (κ1) is 17.4. The van der Waals surface area contributed by atoms with Gasteiger partial charge in [0, 0.05) is 56.2 Å². The van der Waals surface area contributed by atoms with Crippen LogP contribution in [0.15, 0.2) is 53.6 Å². The number of aromatic nitrogens is 2. The van der Waals surface area contributed by atoms with Crippen LogP contribution in [0.4, 0.5) is 0 Å². The fourth-order valence-electron chi connectivity index (χ4n) is 3.50. The van der Waals surface area contributed by atoms with Gasteiger partial charge in [-0.15, -0.1) is 0 Å². The van der Waals surface area contributed by atoms with Crippen molar-refractivity contribution in [3.8, 4) is 0 Å². The van der Waals surface area contributed by atoms with Crippen molar-refractivity contribution in [2.75, 3.05) is 26.2 Å². The van der Waals surface area contributed by atoms with E-state index in [0.29, 0.717) is 25.2 Å². The number of carbonyl (C=O) groups excluding carboxylic acids is 1. The number of H-pyrrole nitrogens is 1. The van der Waals surface area contributed by atoms with Crippen molar-refractivity contribution in [3.05, 3.63) is 75.8 Å². The van der Waals surface area contributed by atoms with Gasteiger partial charge < -0.3 is 9.88 Å². The molecule has 0 aliphatic carbocycles. The molecule has 0 bridgehead atoms. The highest BCUT2D eigenvalue weighted by Crippen LogP contribution is 2.15. The van der Waals surface area contributed by atoms with Gasteiger partial charge in [0.1, 0.15) is 0 Å². The van der Waals surface area contributed by atoms with Crippen LogP contribution in [0.2, 0.25) is 0 Å². The molecule has 138 valence electrons. The summed E-state index contributed by atoms with van der Waals surface area (Å²) < 4.78 is 0. The van der Waals surface area contributed by atoms with Gasteiger partial charge in [0.2, 0.25) is 0 Å². The van der Waals surface area contributed by atoms with Gasteiger partial charge in [-0.25, -0.2) is 0 Å². The Morgan fingerprint density at radius 3 is 2.70 bits per heavy atom. The summed E-state index contributed by atoms with van der Waals surface area (Å²) in [4.78, 5) is 36.0. The number of nitrogens with one attached hydrogen (secondary N) is 1. The second-order valence-electron chi connectivity index (χ2n) is 7.02. The lowest BCUT2D eigenvalue weighted by molar-refractivity contribution is 0.0627. The van der Waals surface area contributed by atoms with Crippen molar-refractivity contribution in [2.45, 2.75) is 13.5 Å². The maximum absolute atomic E-state index is 12.5. The molecule has 1 fully saturated rings. The van der Waals surface area contributed by atoms with Crippen molar-refractivity contribution in [1.29, 1.82) is 0 Å². The lowest BCUT2D eigenvalue weighted by Gasteiger charge is -2.34. The molecule has 1 N–H and O–H groups in total. The lowest BCUT2D eigenvalue weighted by Crippen LogP contribution is -2.48. The largest absolute Gasteiger partial charge is 0.336 e. The fraction of sp³-hybridized carbons (Fsp3) is 0.286. The van der Waals surface area contributed by atoms with Gasteiger partial charge in [-0.1, -0.05) is 12.1 Å². The third kappa shape index (κ3) is 3.75. The summed E-state index contributed by atoms with van der Waals surface area (Å²) in [5, 5.41) is 1.04. The van der Waals surface area contributed by atoms with Crippen LogP contribution >= 0.6 is 0 Å². The van der Waals surface area contributed by atoms with Crippen LogP contribution in [0.25, 0.3) is 10.9 Å². The summed E-state index contributed by atoms with van der Waals surface area (Å²) in [7, 11) is 0. The van der Waals surface area contributed by atoms with Crippen LogP contribution in [0, 0.1) is 6.92 Å². The smallest absolute Gasteiger partial charge is 0.255 e. The molecule has 0 spiro atoms. The molecule has 6 nitrogen and oxygen atoms in total. The second-order valence-corrected chi connectivity index (χ2v) is 7.02. The SMILES string of the molecule is Cc1ccc2cc(CN3CCN(C(=O)c4cccnc4)CC3)c(=O)[nH]c2c1. The lowest BCUT2D eigenvalue weighted by atomic mass is 10.1. The zero-order valence-corrected chi connectivity index (χ0v) is 15.3. The Morgan fingerprint density at radius 1 is 1.15 bits per heavy atom. The first-order valence-electron chi connectivity index (χ1n) is 9.14. The van der Waals surface area contributed by atoms with E-state index in [-0.39, 0.29) is 11.5 Å². The number of hydrogen-bond acceptors (Lipinski definition) is 4. The van der Waals surface area contributed by atoms with Gasteiger partial charge >= 0.3 is 0 Å². The molecular formula is C21H22N4O2. The van der Waals surface area contributed by atoms with Crippen LogP contribution in [-0.2, 0) is 6.54 Å². The molecule has 6 heteroatoms. The van der Waals surface area contributed by atoms with Crippen molar-refractivity contribution < 1.29 is 4.79 Å². The Morgan fingerprint density at radius 2 is 1.96 bits per heavy atom. The molecular weight excluding hydrogens is 340 g/mol. The molecule has 0 saturated carbocycles. The van der Waals surface area contributed by atoms with Gasteiger partial charge in [-0.3, -0.25) is 19.5 Å². The second kappa shape index (κ2) is 7.32. The molecule has 1 aliphatic heterocycles. The number of hydrogen-bond donors (Lipinski definition) is 1. The molecule has 0 unspecified atom stereocenters. The minimum Gasteiger partial charge on any atom is -0.336 e. The number of nitrogens with zero attached hydrogens (tertiary/aromatic N) is 3. The number of carbonyl (C=O) groups is 1. The van der Waals surface area contributed by atoms with E-state index >= 15 is 0 Å². The zero-order valence-electron chi connectivity index (χ0n) is 15.3. The Bertz CT molecular complexity index is 1020. The number of rotatable bonds is 3. The molecule has 0 radical (unpaired) electrons. The van der Waals surface area contributed by atoms with Crippen molar-refractivity contribution in [2.24, 2.45) is 0 Å². The molecule has 3 heterocycles. The van der Waals surface area contributed by atoms with Gasteiger partial charge in [-0.05, 0) is 42.1 Å². The highest BCUT2D eigenvalue weighted by atomic mass is 16.2. The van der Waals surface area contributed by atoms with Crippen LogP contribution in [0.3, 0.4) is 0 Å². The third-order valence-corrected chi connectivity index (χ3v) is 5.04. The average Bonchev–Trinajstić information content (AvgIpc) is 2.69. The number of piperazine rings is 1. The summed E-state index contributed by atoms with van der Waals surface area (Å²) in [5.74, 6) is 0.0154. The monoisotopic (exact) mass is 362 g/mol. The van der Waals surface area contributed by atoms with E-state index in [9.17, 15) is 9.59 Å². The van der Waals surface area contributed by atoms with Gasteiger partial charge in [-0.2, -0.15) is 0 Å². The third-order valence-electron chi connectivity index (χ3n) is 5.04. The molecule has 27 heavy (non-hydrogen) atoms. The Kier molecular flexibility index (Phi) is 4.73. The number of fused-ring (bicyclic) bond motifs is 1. The van der Waals surface area contributed by atoms with Gasteiger partial charge in [0.15, 0.2) is 0 Å². The molecule has 2 aromatic heterocycles. The van der Waals surface area contributed by atoms with E-state index in [4.69, 9.17) is 0 Å². The number of pyridine rings is 2. The Hall–Kier alpha value is -2.99. The standard InChI is InChI=1S/C21H22N4O2/c1-15-4-5-16-12-18(20(26)23-19(16)11-15)14-24-7-9-25(10-8-24)21(27)17-3-2-6-22-13-17/h2-6,11-13H,7-10,14H2,1H3,(H,23,26). The molecule has 0 atom stereocenters. The van der Waals surface area contributed by atoms with Crippen LogP contribution in [0.1, 0.15) is 21.5 Å². The average molecular weight is 362 g/mol. The summed E-state index contributed by atoms with van der Waals surface area (Å²) in [6.45, 7) is 5.40. The Labute approximate surface area is 157 Å². The van der Waals surface area contributed by atoms with Crippen LogP contribution < -0.4 is 5.56 Å². The minimum absolute atomic E-state index is 0.0154. The van der Waals surface area contributed by atoms with Gasteiger partial charge in [0.05, 0.1) is 5.56 Å². The van der Waals surface area contributed by atoms with Crippen molar-refractivity contribution in [1.82, 2.24) is 19.8 Å². The van der Waals surface area contributed by atoms with Gasteiger partial charge in [0.25, 0.3) is 11.5 Å². The summed E-state index contributed by atoms with van der Waals surface area (Å²) in [5.41, 5.74) is 3.34. The maximum atomic E-state index is 12.5. The maximum Gasteiger partial charge on any atom is 0.255 e. The molecule has 1 saturated heterocycles. The van der Waals surface area contributed by atoms with E-state index in [1.165, 1.54) is 0 Å². The number of benzene rings is 1. The van der Waals surface area contributed by atoms with E-state index in [1.54, 1.807) is 24.5 Å². The molecule has 1 aromatic carbocycles. The molecule has 3 aromatic rings. The first-order valence-corrected chi connectivity index (χ1v) is 9.14. The van der Waals surface area contributed by atoms with E-state index < -0.39 is 0 Å². The van der Waals surface area contributed by atoms with Crippen LogP contribution in [0.5, 0.6) is 0 Å². The fourth-order valence-corrected chi connectivity index (χ4v) is 3.50. The highest BCUT2D eigenvalue weighted by Gasteiger charge is 2.22. The predicted molar refractivity (Wildman–Crippen MR) is 105 cm³/mol. The van der Waals surface area contributed by atoms with E-state index in [2.05, 4.69) is 14.9 Å². The summed E-state index contributed by atoms with van der Waals surface area (Å²) in [6.07, 6.45) is 3.27. The summed E-state index contributed by atoms with van der Waals surface area (Å²) >= 11 is 0. The van der Waals surface area contributed by atoms with Crippen molar-refractivity contribution >= 4 is 16.8 Å². The number of amides is 1. The summed E-state index contributed by atoms with van der Waals surface area (Å²) in [6, 6.07) is 11.6. The molecule has 4 rings (SSSR count). The Balaban J connectivity index is 1.43.